The van der Waals surface area contributed by atoms with Crippen LogP contribution >= 0.6 is 11.6 Å². The second-order valence-corrected chi connectivity index (χ2v) is 7.42. The predicted octanol–water partition coefficient (Wildman–Crippen LogP) is 4.03. The lowest BCUT2D eigenvalue weighted by Crippen LogP contribution is -2.48. The number of ether oxygens (including phenoxy) is 1. The van der Waals surface area contributed by atoms with E-state index in [0.717, 1.165) is 17.7 Å². The highest BCUT2D eigenvalue weighted by Gasteiger charge is 2.34. The fraction of sp³-hybridized carbons (Fsp3) is 0.304. The normalized spacial score (nSPS) is 16.3. The Bertz CT molecular complexity index is 930. The van der Waals surface area contributed by atoms with Crippen LogP contribution in [0.4, 0.5) is 4.79 Å². The Hall–Kier alpha value is -2.83. The Kier molecular flexibility index (Phi) is 7.49. The van der Waals surface area contributed by atoms with Gasteiger partial charge < -0.3 is 15.4 Å². The largest absolute Gasteiger partial charge is 0.463 e. The summed E-state index contributed by atoms with van der Waals surface area (Å²) in [5.41, 5.74) is 2.82. The number of benzene rings is 2. The first-order valence-electron chi connectivity index (χ1n) is 10.0. The third kappa shape index (κ3) is 5.40. The summed E-state index contributed by atoms with van der Waals surface area (Å²) in [4.78, 5) is 27.5. The van der Waals surface area contributed by atoms with Crippen LogP contribution in [0.25, 0.3) is 0 Å². The van der Waals surface area contributed by atoms with E-state index in [1.54, 1.807) is 25.1 Å². The molecule has 1 atom stereocenters. The molecule has 1 unspecified atom stereocenters. The van der Waals surface area contributed by atoms with Crippen LogP contribution < -0.4 is 10.6 Å². The molecule has 158 valence electrons. The number of urea groups is 1. The Morgan fingerprint density at radius 3 is 2.53 bits per heavy atom. The molecule has 6 nitrogen and oxygen atoms in total. The van der Waals surface area contributed by atoms with Crippen LogP contribution in [0, 0.1) is 0 Å². The average Bonchev–Trinajstić information content (AvgIpc) is 2.73. The van der Waals surface area contributed by atoms with E-state index in [0.29, 0.717) is 29.4 Å². The fourth-order valence-electron chi connectivity index (χ4n) is 3.47. The van der Waals surface area contributed by atoms with Crippen LogP contribution in [0.5, 0.6) is 0 Å². The van der Waals surface area contributed by atoms with Crippen molar-refractivity contribution in [2.75, 3.05) is 19.7 Å². The molecule has 3 rings (SSSR count). The minimum atomic E-state index is -0.637. The van der Waals surface area contributed by atoms with Gasteiger partial charge in [0.1, 0.15) is 0 Å². The zero-order valence-corrected chi connectivity index (χ0v) is 17.9. The molecule has 0 fully saturated rings. The maximum atomic E-state index is 12.9. The quantitative estimate of drug-likeness (QED) is 0.624. The highest BCUT2D eigenvalue weighted by Crippen LogP contribution is 2.29. The summed E-state index contributed by atoms with van der Waals surface area (Å²) >= 11 is 6.15. The Balaban J connectivity index is 1.97. The number of halogens is 1. The van der Waals surface area contributed by atoms with Gasteiger partial charge in [-0.15, -0.1) is 0 Å². The topological polar surface area (TPSA) is 70.7 Å². The lowest BCUT2D eigenvalue weighted by Gasteiger charge is -2.32. The average molecular weight is 428 g/mol. The van der Waals surface area contributed by atoms with Gasteiger partial charge in [0, 0.05) is 23.8 Å². The second kappa shape index (κ2) is 10.3. The second-order valence-electron chi connectivity index (χ2n) is 6.99. The van der Waals surface area contributed by atoms with Gasteiger partial charge in [0.25, 0.3) is 0 Å². The highest BCUT2D eigenvalue weighted by atomic mass is 35.5. The summed E-state index contributed by atoms with van der Waals surface area (Å²) in [5.74, 6) is -0.458. The van der Waals surface area contributed by atoms with Crippen molar-refractivity contribution in [3.8, 4) is 0 Å². The smallest absolute Gasteiger partial charge is 0.338 e. The first-order valence-corrected chi connectivity index (χ1v) is 10.4. The third-order valence-electron chi connectivity index (χ3n) is 4.91. The Labute approximate surface area is 181 Å². The lowest BCUT2D eigenvalue weighted by molar-refractivity contribution is -0.139. The number of nitrogens with one attached hydrogen (secondary N) is 2. The molecule has 0 aromatic heterocycles. The van der Waals surface area contributed by atoms with Crippen LogP contribution in [-0.4, -0.2) is 36.6 Å². The van der Waals surface area contributed by atoms with Crippen LogP contribution in [0.2, 0.25) is 5.02 Å². The molecule has 2 amide bonds. The molecule has 2 aromatic carbocycles. The molecule has 0 spiro atoms. The number of carbonyl (C=O) groups excluding carboxylic acids is 2. The first kappa shape index (κ1) is 21.9. The van der Waals surface area contributed by atoms with E-state index in [2.05, 4.69) is 27.7 Å². The van der Waals surface area contributed by atoms with Gasteiger partial charge in [-0.2, -0.15) is 0 Å². The minimum Gasteiger partial charge on any atom is -0.463 e. The van der Waals surface area contributed by atoms with Crippen LogP contribution in [0.15, 0.2) is 65.9 Å². The molecule has 2 N–H and O–H groups in total. The summed E-state index contributed by atoms with van der Waals surface area (Å²) in [6.07, 6.45) is 0. The number of carbonyl (C=O) groups is 2. The molecule has 1 aliphatic heterocycles. The molecule has 0 radical (unpaired) electrons. The van der Waals surface area contributed by atoms with E-state index in [9.17, 15) is 9.59 Å². The molecule has 30 heavy (non-hydrogen) atoms. The van der Waals surface area contributed by atoms with Gasteiger partial charge in [-0.05, 0) is 36.7 Å². The molecule has 1 heterocycles. The zero-order chi connectivity index (χ0) is 21.5. The van der Waals surface area contributed by atoms with E-state index in [4.69, 9.17) is 16.3 Å². The zero-order valence-electron chi connectivity index (χ0n) is 17.2. The summed E-state index contributed by atoms with van der Waals surface area (Å²) < 4.78 is 5.32. The van der Waals surface area contributed by atoms with E-state index in [1.165, 1.54) is 0 Å². The molecular formula is C23H26ClN3O3. The number of hydrogen-bond donors (Lipinski definition) is 2. The molecule has 0 bridgehead atoms. The Morgan fingerprint density at radius 2 is 1.87 bits per heavy atom. The van der Waals surface area contributed by atoms with Crippen LogP contribution in [-0.2, 0) is 16.1 Å². The molecule has 1 aliphatic rings. The maximum absolute atomic E-state index is 12.9. The SMILES string of the molecule is CCOC(=O)C1=C(CN(CC)Cc2ccccc2)NC(=O)NC1c1cccc(Cl)c1. The van der Waals surface area contributed by atoms with Gasteiger partial charge in [-0.1, -0.05) is 61.0 Å². The number of amides is 2. The molecular weight excluding hydrogens is 402 g/mol. The van der Waals surface area contributed by atoms with Gasteiger partial charge in [0.05, 0.1) is 18.2 Å². The van der Waals surface area contributed by atoms with Crippen molar-refractivity contribution in [1.82, 2.24) is 15.5 Å². The molecule has 0 saturated heterocycles. The highest BCUT2D eigenvalue weighted by molar-refractivity contribution is 6.30. The fourth-order valence-corrected chi connectivity index (χ4v) is 3.67. The summed E-state index contributed by atoms with van der Waals surface area (Å²) in [5, 5.41) is 6.19. The van der Waals surface area contributed by atoms with Gasteiger partial charge >= 0.3 is 12.0 Å². The molecule has 2 aromatic rings. The summed E-state index contributed by atoms with van der Waals surface area (Å²) in [7, 11) is 0. The van der Waals surface area contributed by atoms with Crippen LogP contribution in [0.1, 0.15) is 31.0 Å². The van der Waals surface area contributed by atoms with Crippen molar-refractivity contribution in [1.29, 1.82) is 0 Å². The molecule has 7 heteroatoms. The van der Waals surface area contributed by atoms with E-state index in [-0.39, 0.29) is 12.6 Å². The van der Waals surface area contributed by atoms with Gasteiger partial charge in [0.15, 0.2) is 0 Å². The van der Waals surface area contributed by atoms with Gasteiger partial charge in [0.2, 0.25) is 0 Å². The van der Waals surface area contributed by atoms with Gasteiger partial charge in [-0.3, -0.25) is 4.90 Å². The third-order valence-corrected chi connectivity index (χ3v) is 5.14. The number of likely N-dealkylation sites (N-methyl/N-ethyl adjacent to an activating group) is 1. The van der Waals surface area contributed by atoms with Crippen molar-refractivity contribution in [2.24, 2.45) is 0 Å². The molecule has 0 aliphatic carbocycles. The molecule has 0 saturated carbocycles. The van der Waals surface area contributed by atoms with E-state index < -0.39 is 12.0 Å². The first-order chi connectivity index (χ1) is 14.5. The van der Waals surface area contributed by atoms with E-state index in [1.807, 2.05) is 31.2 Å². The number of nitrogens with zero attached hydrogens (tertiary/aromatic N) is 1. The maximum Gasteiger partial charge on any atom is 0.338 e. The summed E-state index contributed by atoms with van der Waals surface area (Å²) in [6.45, 7) is 5.90. The summed E-state index contributed by atoms with van der Waals surface area (Å²) in [6, 6.07) is 16.2. The van der Waals surface area contributed by atoms with E-state index >= 15 is 0 Å². The number of rotatable bonds is 8. The van der Waals surface area contributed by atoms with Crippen LogP contribution in [0.3, 0.4) is 0 Å². The lowest BCUT2D eigenvalue weighted by atomic mass is 9.95. The predicted molar refractivity (Wildman–Crippen MR) is 117 cm³/mol. The number of esters is 1. The van der Waals surface area contributed by atoms with Crippen molar-refractivity contribution >= 4 is 23.6 Å². The standard InChI is InChI=1S/C23H26ClN3O3/c1-3-27(14-16-9-6-5-7-10-16)15-19-20(22(28)30-4-2)21(26-23(29)25-19)17-11-8-12-18(24)13-17/h5-13,21H,3-4,14-15H2,1-2H3,(H2,25,26,29). The van der Waals surface area contributed by atoms with Crippen molar-refractivity contribution in [3.05, 3.63) is 82.0 Å². The van der Waals surface area contributed by atoms with Gasteiger partial charge in [-0.25, -0.2) is 9.59 Å². The minimum absolute atomic E-state index is 0.243. The van der Waals surface area contributed by atoms with Crippen molar-refractivity contribution in [3.63, 3.8) is 0 Å². The van der Waals surface area contributed by atoms with Crippen molar-refractivity contribution < 1.29 is 14.3 Å². The number of hydrogen-bond acceptors (Lipinski definition) is 4. The monoisotopic (exact) mass is 427 g/mol. The Morgan fingerprint density at radius 1 is 1.10 bits per heavy atom. The van der Waals surface area contributed by atoms with Crippen molar-refractivity contribution in [2.45, 2.75) is 26.4 Å².